The van der Waals surface area contributed by atoms with Crippen LogP contribution < -0.4 is 10.5 Å². The van der Waals surface area contributed by atoms with E-state index >= 15 is 0 Å². The molecule has 7 heteroatoms. The Morgan fingerprint density at radius 1 is 1.60 bits per heavy atom. The number of aromatic nitrogens is 1. The quantitative estimate of drug-likeness (QED) is 0.730. The van der Waals surface area contributed by atoms with Crippen LogP contribution in [0.3, 0.4) is 0 Å². The Bertz CT molecular complexity index is 400. The fourth-order valence-corrected chi connectivity index (χ4v) is 2.39. The molecule has 86 valence electrons. The van der Waals surface area contributed by atoms with Crippen LogP contribution in [0.4, 0.5) is 5.13 Å². The number of sulfonamides is 1. The first-order chi connectivity index (χ1) is 7.01. The molecule has 0 bridgehead atoms. The van der Waals surface area contributed by atoms with Crippen molar-refractivity contribution in [2.45, 2.75) is 19.8 Å². The van der Waals surface area contributed by atoms with E-state index in [0.717, 1.165) is 17.2 Å². The van der Waals surface area contributed by atoms with Gasteiger partial charge in [0.25, 0.3) is 0 Å². The van der Waals surface area contributed by atoms with Crippen LogP contribution in [0.15, 0.2) is 5.38 Å². The molecule has 0 saturated heterocycles. The summed E-state index contributed by atoms with van der Waals surface area (Å²) in [5.74, 6) is 0.00596. The molecule has 0 spiro atoms. The molecule has 0 fully saturated rings. The first-order valence-electron chi connectivity index (χ1n) is 4.70. The summed E-state index contributed by atoms with van der Waals surface area (Å²) in [6.45, 7) is 2.62. The molecule has 0 aliphatic carbocycles. The molecule has 0 aromatic carbocycles. The minimum atomic E-state index is -3.34. The van der Waals surface area contributed by atoms with Crippen LogP contribution in [0.1, 0.15) is 19.0 Å². The van der Waals surface area contributed by atoms with Crippen molar-refractivity contribution in [3.05, 3.63) is 11.1 Å². The van der Waals surface area contributed by atoms with E-state index < -0.39 is 10.0 Å². The third kappa shape index (κ3) is 5.10. The molecule has 0 aliphatic rings. The molecule has 1 aromatic rings. The normalized spacial score (nSPS) is 11.6. The van der Waals surface area contributed by atoms with Crippen molar-refractivity contribution < 1.29 is 8.42 Å². The lowest BCUT2D eigenvalue weighted by atomic mass is 10.4. The minimum absolute atomic E-state index is 0.00596. The van der Waals surface area contributed by atoms with Gasteiger partial charge in [-0.05, 0) is 12.8 Å². The summed E-state index contributed by atoms with van der Waals surface area (Å²) in [4.78, 5) is 4.29. The summed E-state index contributed by atoms with van der Waals surface area (Å²) < 4.78 is 21.3. The first kappa shape index (κ1) is 12.4. The largest absolute Gasteiger partial charge is 0.361 e. The van der Waals surface area contributed by atoms with E-state index in [9.17, 15) is 8.42 Å². The van der Waals surface area contributed by atoms with E-state index in [-0.39, 0.29) is 5.75 Å². The van der Waals surface area contributed by atoms with E-state index in [0.29, 0.717) is 13.0 Å². The molecular weight excluding hydrogens is 234 g/mol. The van der Waals surface area contributed by atoms with Crippen molar-refractivity contribution in [2.75, 3.05) is 17.6 Å². The second kappa shape index (κ2) is 5.43. The maximum absolute atomic E-state index is 10.6. The Kier molecular flexibility index (Phi) is 4.49. The Balaban J connectivity index is 2.26. The molecule has 0 atom stereocenters. The lowest BCUT2D eigenvalue weighted by molar-refractivity contribution is 0.596. The van der Waals surface area contributed by atoms with E-state index in [1.54, 1.807) is 0 Å². The third-order valence-electron chi connectivity index (χ3n) is 1.80. The molecule has 0 unspecified atom stereocenters. The zero-order valence-electron chi connectivity index (χ0n) is 8.56. The minimum Gasteiger partial charge on any atom is -0.361 e. The van der Waals surface area contributed by atoms with Crippen molar-refractivity contribution in [3.8, 4) is 0 Å². The van der Waals surface area contributed by atoms with Gasteiger partial charge in [-0.1, -0.05) is 6.92 Å². The van der Waals surface area contributed by atoms with Gasteiger partial charge in [0.15, 0.2) is 5.13 Å². The lowest BCUT2D eigenvalue weighted by Crippen LogP contribution is -2.18. The SMILES string of the molecule is CCc1csc(NCCCS(N)(=O)=O)n1. The van der Waals surface area contributed by atoms with Gasteiger partial charge in [0.2, 0.25) is 10.0 Å². The Morgan fingerprint density at radius 3 is 2.87 bits per heavy atom. The number of rotatable bonds is 6. The molecule has 1 aromatic heterocycles. The van der Waals surface area contributed by atoms with Crippen LogP contribution in [-0.4, -0.2) is 25.7 Å². The van der Waals surface area contributed by atoms with Crippen LogP contribution in [0.2, 0.25) is 0 Å². The highest BCUT2D eigenvalue weighted by atomic mass is 32.2. The summed E-state index contributed by atoms with van der Waals surface area (Å²) in [5.41, 5.74) is 1.05. The fraction of sp³-hybridized carbons (Fsp3) is 0.625. The zero-order valence-corrected chi connectivity index (χ0v) is 10.2. The monoisotopic (exact) mass is 249 g/mol. The van der Waals surface area contributed by atoms with Gasteiger partial charge in [0, 0.05) is 11.9 Å². The number of aryl methyl sites for hydroxylation is 1. The van der Waals surface area contributed by atoms with Gasteiger partial charge in [-0.15, -0.1) is 11.3 Å². The number of anilines is 1. The molecule has 0 saturated carbocycles. The molecule has 0 amide bonds. The van der Waals surface area contributed by atoms with Crippen molar-refractivity contribution in [1.29, 1.82) is 0 Å². The van der Waals surface area contributed by atoms with Gasteiger partial charge >= 0.3 is 0 Å². The highest BCUT2D eigenvalue weighted by Gasteiger charge is 2.03. The standard InChI is InChI=1S/C8H15N3O2S2/c1-2-7-6-14-8(11-7)10-4-3-5-15(9,12)13/h6H,2-5H2,1H3,(H,10,11)(H2,9,12,13). The fourth-order valence-electron chi connectivity index (χ4n) is 1.02. The average molecular weight is 249 g/mol. The number of nitrogens with one attached hydrogen (secondary N) is 1. The molecule has 1 rings (SSSR count). The van der Waals surface area contributed by atoms with Crippen LogP contribution in [-0.2, 0) is 16.4 Å². The molecule has 0 aliphatic heterocycles. The van der Waals surface area contributed by atoms with E-state index in [1.807, 2.05) is 12.3 Å². The third-order valence-corrected chi connectivity index (χ3v) is 3.50. The number of nitrogens with zero attached hydrogens (tertiary/aromatic N) is 1. The zero-order chi connectivity index (χ0) is 11.3. The molecule has 3 N–H and O–H groups in total. The molecule has 15 heavy (non-hydrogen) atoms. The molecule has 1 heterocycles. The number of hydrogen-bond acceptors (Lipinski definition) is 5. The second-order valence-electron chi connectivity index (χ2n) is 3.14. The smallest absolute Gasteiger partial charge is 0.209 e. The lowest BCUT2D eigenvalue weighted by Gasteiger charge is -2.00. The van der Waals surface area contributed by atoms with Gasteiger partial charge in [-0.2, -0.15) is 0 Å². The molecule has 0 radical (unpaired) electrons. The maximum atomic E-state index is 10.6. The Labute approximate surface area is 93.8 Å². The average Bonchev–Trinajstić information content (AvgIpc) is 2.59. The summed E-state index contributed by atoms with van der Waals surface area (Å²) >= 11 is 1.53. The van der Waals surface area contributed by atoms with Gasteiger partial charge in [-0.25, -0.2) is 18.5 Å². The Hall–Kier alpha value is -0.660. The van der Waals surface area contributed by atoms with Crippen molar-refractivity contribution in [2.24, 2.45) is 5.14 Å². The summed E-state index contributed by atoms with van der Waals surface area (Å²) in [6.07, 6.45) is 1.41. The predicted octanol–water partition coefficient (Wildman–Crippen LogP) is 0.796. The van der Waals surface area contributed by atoms with Crippen LogP contribution in [0.5, 0.6) is 0 Å². The van der Waals surface area contributed by atoms with Crippen molar-refractivity contribution in [3.63, 3.8) is 0 Å². The molecule has 5 nitrogen and oxygen atoms in total. The predicted molar refractivity (Wildman–Crippen MR) is 62.6 cm³/mol. The first-order valence-corrected chi connectivity index (χ1v) is 7.29. The van der Waals surface area contributed by atoms with E-state index in [1.165, 1.54) is 11.3 Å². The summed E-state index contributed by atoms with van der Waals surface area (Å²) in [5, 5.41) is 10.8. The van der Waals surface area contributed by atoms with E-state index in [4.69, 9.17) is 5.14 Å². The van der Waals surface area contributed by atoms with Crippen LogP contribution in [0.25, 0.3) is 0 Å². The number of nitrogens with two attached hydrogens (primary N) is 1. The van der Waals surface area contributed by atoms with Gasteiger partial charge in [-0.3, -0.25) is 0 Å². The second-order valence-corrected chi connectivity index (χ2v) is 5.74. The van der Waals surface area contributed by atoms with Gasteiger partial charge in [0.05, 0.1) is 11.4 Å². The number of thiazole rings is 1. The summed E-state index contributed by atoms with van der Waals surface area (Å²) in [6, 6.07) is 0. The van der Waals surface area contributed by atoms with Crippen molar-refractivity contribution >= 4 is 26.5 Å². The number of primary sulfonamides is 1. The highest BCUT2D eigenvalue weighted by molar-refractivity contribution is 7.89. The topological polar surface area (TPSA) is 85.1 Å². The van der Waals surface area contributed by atoms with Crippen LogP contribution >= 0.6 is 11.3 Å². The number of hydrogen-bond donors (Lipinski definition) is 2. The summed E-state index contributed by atoms with van der Waals surface area (Å²) in [7, 11) is -3.34. The Morgan fingerprint density at radius 2 is 2.33 bits per heavy atom. The highest BCUT2D eigenvalue weighted by Crippen LogP contribution is 2.15. The van der Waals surface area contributed by atoms with E-state index in [2.05, 4.69) is 10.3 Å². The van der Waals surface area contributed by atoms with Crippen LogP contribution in [0, 0.1) is 0 Å². The van der Waals surface area contributed by atoms with Gasteiger partial charge in [0.1, 0.15) is 0 Å². The maximum Gasteiger partial charge on any atom is 0.209 e. The van der Waals surface area contributed by atoms with Crippen molar-refractivity contribution in [1.82, 2.24) is 4.98 Å². The van der Waals surface area contributed by atoms with Gasteiger partial charge < -0.3 is 5.32 Å². The molecular formula is C8H15N3O2S2.